The normalized spacial score (nSPS) is 12.1. The third-order valence-corrected chi connectivity index (χ3v) is 5.29. The zero-order valence-electron chi connectivity index (χ0n) is 18.1. The van der Waals surface area contributed by atoms with E-state index in [1.165, 1.54) is 89.9 Å². The lowest BCUT2D eigenvalue weighted by molar-refractivity contribution is 0.122. The van der Waals surface area contributed by atoms with Crippen molar-refractivity contribution in [1.29, 1.82) is 0 Å². The molecule has 0 heterocycles. The van der Waals surface area contributed by atoms with Crippen molar-refractivity contribution in [2.24, 2.45) is 5.92 Å². The minimum atomic E-state index is -0.233. The molecule has 0 spiro atoms. The van der Waals surface area contributed by atoms with E-state index >= 15 is 0 Å². The minimum Gasteiger partial charge on any atom is -0.449 e. The molecule has 0 radical (unpaired) electrons. The molecule has 0 aromatic rings. The Morgan fingerprint density at radius 1 is 0.731 bits per heavy atom. The van der Waals surface area contributed by atoms with Crippen molar-refractivity contribution in [3.63, 3.8) is 0 Å². The summed E-state index contributed by atoms with van der Waals surface area (Å²) < 4.78 is 5.35. The van der Waals surface area contributed by atoms with Gasteiger partial charge in [-0.05, 0) is 18.8 Å². The monoisotopic (exact) mass is 369 g/mol. The van der Waals surface area contributed by atoms with Crippen LogP contribution in [0, 0.1) is 5.92 Å². The molecule has 1 atom stereocenters. The minimum absolute atomic E-state index is 0.233. The van der Waals surface area contributed by atoms with E-state index in [0.29, 0.717) is 12.5 Å². The Morgan fingerprint density at radius 3 is 1.73 bits per heavy atom. The van der Waals surface area contributed by atoms with E-state index in [1.54, 1.807) is 0 Å². The van der Waals surface area contributed by atoms with Crippen molar-refractivity contribution in [2.75, 3.05) is 13.2 Å². The summed E-state index contributed by atoms with van der Waals surface area (Å²) in [5, 5.41) is 2.89. The highest BCUT2D eigenvalue weighted by Crippen LogP contribution is 2.13. The van der Waals surface area contributed by atoms with Gasteiger partial charge in [0.1, 0.15) is 0 Å². The van der Waals surface area contributed by atoms with Crippen LogP contribution in [0.2, 0.25) is 0 Å². The van der Waals surface area contributed by atoms with Crippen molar-refractivity contribution >= 4 is 6.09 Å². The number of hydrogen-bond donors (Lipinski definition) is 1. The van der Waals surface area contributed by atoms with Crippen molar-refractivity contribution in [1.82, 2.24) is 5.32 Å². The van der Waals surface area contributed by atoms with Gasteiger partial charge in [-0.1, -0.05) is 111 Å². The Morgan fingerprint density at radius 2 is 1.23 bits per heavy atom. The molecule has 0 aliphatic heterocycles. The molecule has 26 heavy (non-hydrogen) atoms. The van der Waals surface area contributed by atoms with Gasteiger partial charge in [0.2, 0.25) is 0 Å². The maximum Gasteiger partial charge on any atom is 0.407 e. The lowest BCUT2D eigenvalue weighted by Gasteiger charge is -2.14. The fourth-order valence-corrected chi connectivity index (χ4v) is 3.30. The largest absolute Gasteiger partial charge is 0.449 e. The average Bonchev–Trinajstić information content (AvgIpc) is 2.65. The first-order valence-electron chi connectivity index (χ1n) is 11.6. The molecule has 0 saturated heterocycles. The second-order valence-corrected chi connectivity index (χ2v) is 7.83. The highest BCUT2D eigenvalue weighted by molar-refractivity contribution is 5.66. The van der Waals surface area contributed by atoms with Gasteiger partial charge in [0.25, 0.3) is 0 Å². The van der Waals surface area contributed by atoms with E-state index in [4.69, 9.17) is 4.74 Å². The first-order valence-corrected chi connectivity index (χ1v) is 11.6. The van der Waals surface area contributed by atoms with Crippen LogP contribution in [0.3, 0.4) is 0 Å². The molecule has 3 nitrogen and oxygen atoms in total. The molecule has 0 aliphatic rings. The lowest BCUT2D eigenvalue weighted by atomic mass is 10.0. The van der Waals surface area contributed by atoms with Gasteiger partial charge in [0.15, 0.2) is 0 Å². The number of hydrogen-bond acceptors (Lipinski definition) is 2. The SMILES string of the molecule is CCCCCCCCCCCCCCNC(=O)OCC(CC)CCCC. The fraction of sp³-hybridized carbons (Fsp3) is 0.957. The summed E-state index contributed by atoms with van der Waals surface area (Å²) >= 11 is 0. The van der Waals surface area contributed by atoms with Crippen LogP contribution >= 0.6 is 0 Å². The first kappa shape index (κ1) is 25.3. The van der Waals surface area contributed by atoms with Gasteiger partial charge in [0.05, 0.1) is 6.61 Å². The summed E-state index contributed by atoms with van der Waals surface area (Å²) in [4.78, 5) is 11.7. The Hall–Kier alpha value is -0.730. The number of nitrogens with one attached hydrogen (secondary N) is 1. The van der Waals surface area contributed by atoms with Crippen LogP contribution in [0.25, 0.3) is 0 Å². The second-order valence-electron chi connectivity index (χ2n) is 7.83. The van der Waals surface area contributed by atoms with E-state index in [9.17, 15) is 4.79 Å². The third-order valence-electron chi connectivity index (χ3n) is 5.29. The maximum absolute atomic E-state index is 11.7. The smallest absolute Gasteiger partial charge is 0.407 e. The Bertz CT molecular complexity index is 294. The van der Waals surface area contributed by atoms with Crippen molar-refractivity contribution in [3.8, 4) is 0 Å². The highest BCUT2D eigenvalue weighted by Gasteiger charge is 2.09. The summed E-state index contributed by atoms with van der Waals surface area (Å²) in [5.74, 6) is 0.521. The van der Waals surface area contributed by atoms with Crippen LogP contribution in [0.5, 0.6) is 0 Å². The standard InChI is InChI=1S/C23H47NO2/c1-4-7-9-10-11-12-13-14-15-16-17-18-20-24-23(25)26-21-22(6-3)19-8-5-2/h22H,4-21H2,1-3H3,(H,24,25). The quantitative estimate of drug-likeness (QED) is 0.238. The molecule has 0 saturated carbocycles. The molecule has 3 heteroatoms. The van der Waals surface area contributed by atoms with E-state index in [2.05, 4.69) is 26.1 Å². The van der Waals surface area contributed by atoms with Crippen molar-refractivity contribution in [2.45, 2.75) is 124 Å². The zero-order chi connectivity index (χ0) is 19.3. The van der Waals surface area contributed by atoms with Crippen LogP contribution in [-0.4, -0.2) is 19.2 Å². The van der Waals surface area contributed by atoms with Crippen LogP contribution in [0.1, 0.15) is 124 Å². The first-order chi connectivity index (χ1) is 12.7. The van der Waals surface area contributed by atoms with Gasteiger partial charge in [-0.2, -0.15) is 0 Å². The average molecular weight is 370 g/mol. The molecule has 0 rings (SSSR count). The molecule has 156 valence electrons. The molecule has 0 aliphatic carbocycles. The van der Waals surface area contributed by atoms with Crippen molar-refractivity contribution < 1.29 is 9.53 Å². The summed E-state index contributed by atoms with van der Waals surface area (Å²) in [7, 11) is 0. The molecule has 1 unspecified atom stereocenters. The van der Waals surface area contributed by atoms with Gasteiger partial charge in [-0.25, -0.2) is 4.79 Å². The molecular formula is C23H47NO2. The van der Waals surface area contributed by atoms with E-state index in [0.717, 1.165) is 19.4 Å². The number of amides is 1. The van der Waals surface area contributed by atoms with Gasteiger partial charge in [0, 0.05) is 6.54 Å². The third kappa shape index (κ3) is 18.1. The Balaban J connectivity index is 3.30. The van der Waals surface area contributed by atoms with E-state index in [-0.39, 0.29) is 6.09 Å². The van der Waals surface area contributed by atoms with Crippen LogP contribution in [0.15, 0.2) is 0 Å². The van der Waals surface area contributed by atoms with E-state index < -0.39 is 0 Å². The molecular weight excluding hydrogens is 322 g/mol. The fourth-order valence-electron chi connectivity index (χ4n) is 3.30. The number of unbranched alkanes of at least 4 members (excludes halogenated alkanes) is 12. The molecule has 0 aromatic carbocycles. The number of carbonyl (C=O) groups is 1. The lowest BCUT2D eigenvalue weighted by Crippen LogP contribution is -2.27. The van der Waals surface area contributed by atoms with Crippen molar-refractivity contribution in [3.05, 3.63) is 0 Å². The molecule has 0 aromatic heterocycles. The van der Waals surface area contributed by atoms with Crippen LogP contribution < -0.4 is 5.32 Å². The van der Waals surface area contributed by atoms with Gasteiger partial charge < -0.3 is 10.1 Å². The zero-order valence-corrected chi connectivity index (χ0v) is 18.1. The number of ether oxygens (including phenoxy) is 1. The molecule has 0 bridgehead atoms. The predicted molar refractivity (Wildman–Crippen MR) is 114 cm³/mol. The molecule has 1 N–H and O–H groups in total. The van der Waals surface area contributed by atoms with E-state index in [1.807, 2.05) is 0 Å². The van der Waals surface area contributed by atoms with Gasteiger partial charge in [-0.3, -0.25) is 0 Å². The summed E-state index contributed by atoms with van der Waals surface area (Å²) in [5.41, 5.74) is 0. The van der Waals surface area contributed by atoms with Crippen LogP contribution in [0.4, 0.5) is 4.79 Å². The summed E-state index contributed by atoms with van der Waals surface area (Å²) in [6.45, 7) is 7.97. The number of carbonyl (C=O) groups excluding carboxylic acids is 1. The summed E-state index contributed by atoms with van der Waals surface area (Å²) in [6.07, 6.45) is 20.6. The maximum atomic E-state index is 11.7. The highest BCUT2D eigenvalue weighted by atomic mass is 16.5. The molecule has 1 amide bonds. The van der Waals surface area contributed by atoms with Crippen LogP contribution in [-0.2, 0) is 4.74 Å². The second kappa shape index (κ2) is 20.6. The summed E-state index contributed by atoms with van der Waals surface area (Å²) in [6, 6.07) is 0. The van der Waals surface area contributed by atoms with Gasteiger partial charge >= 0.3 is 6.09 Å². The number of rotatable bonds is 19. The number of alkyl carbamates (subject to hydrolysis) is 1. The van der Waals surface area contributed by atoms with Gasteiger partial charge in [-0.15, -0.1) is 0 Å². The topological polar surface area (TPSA) is 38.3 Å². The molecule has 0 fully saturated rings. The Kier molecular flexibility index (Phi) is 20.0. The Labute approximate surface area is 164 Å². The predicted octanol–water partition coefficient (Wildman–Crippen LogP) is 7.63.